The Bertz CT molecular complexity index is 587. The van der Waals surface area contributed by atoms with E-state index in [0.29, 0.717) is 17.9 Å². The number of hydrogen-bond donors (Lipinski definition) is 3. The van der Waals surface area contributed by atoms with Gasteiger partial charge in [-0.05, 0) is 30.5 Å². The summed E-state index contributed by atoms with van der Waals surface area (Å²) < 4.78 is 0.764. The number of hydrogen-bond acceptors (Lipinski definition) is 3. The van der Waals surface area contributed by atoms with Crippen LogP contribution in [0.2, 0.25) is 0 Å². The molecule has 1 saturated carbocycles. The summed E-state index contributed by atoms with van der Waals surface area (Å²) in [7, 11) is 0. The Morgan fingerprint density at radius 3 is 2.64 bits per heavy atom. The third kappa shape index (κ3) is 5.14. The monoisotopic (exact) mass is 368 g/mol. The van der Waals surface area contributed by atoms with Gasteiger partial charge >= 0.3 is 5.97 Å². The highest BCUT2D eigenvalue weighted by atomic mass is 79.9. The van der Waals surface area contributed by atoms with Crippen molar-refractivity contribution in [3.63, 3.8) is 0 Å². The lowest BCUT2D eigenvalue weighted by Crippen LogP contribution is -2.45. The molecule has 1 atom stereocenters. The number of nitrogens with one attached hydrogen (secondary N) is 2. The molecule has 1 aliphatic carbocycles. The van der Waals surface area contributed by atoms with Gasteiger partial charge in [0.2, 0.25) is 5.91 Å². The van der Waals surface area contributed by atoms with E-state index >= 15 is 0 Å². The number of carboxylic acids is 1. The average Bonchev–Trinajstić information content (AvgIpc) is 3.28. The highest BCUT2D eigenvalue weighted by Crippen LogP contribution is 2.33. The fourth-order valence-electron chi connectivity index (χ4n) is 2.05. The molecule has 7 heteroatoms. The zero-order valence-electron chi connectivity index (χ0n) is 11.8. The number of rotatable bonds is 7. The molecule has 1 aliphatic rings. The first-order chi connectivity index (χ1) is 10.5. The Labute approximate surface area is 136 Å². The van der Waals surface area contributed by atoms with Gasteiger partial charge in [-0.1, -0.05) is 34.8 Å². The van der Waals surface area contributed by atoms with Gasteiger partial charge in [-0.25, -0.2) is 4.79 Å². The van der Waals surface area contributed by atoms with E-state index in [2.05, 4.69) is 26.6 Å². The number of benzene rings is 1. The summed E-state index contributed by atoms with van der Waals surface area (Å²) in [6, 6.07) is 5.89. The highest BCUT2D eigenvalue weighted by molar-refractivity contribution is 9.10. The third-order valence-corrected chi connectivity index (χ3v) is 3.89. The molecule has 22 heavy (non-hydrogen) atoms. The normalized spacial score (nSPS) is 15.0. The SMILES string of the molecule is O=C(CNC(=O)c1cccc(Br)c1)NC(CC1CC1)C(=O)O. The van der Waals surface area contributed by atoms with Gasteiger partial charge in [0.1, 0.15) is 6.04 Å². The van der Waals surface area contributed by atoms with Crippen LogP contribution >= 0.6 is 15.9 Å². The molecule has 1 unspecified atom stereocenters. The van der Waals surface area contributed by atoms with Crippen LogP contribution < -0.4 is 10.6 Å². The predicted octanol–water partition coefficient (Wildman–Crippen LogP) is 1.55. The molecular formula is C15H17BrN2O4. The number of carboxylic acid groups (broad SMARTS) is 1. The Morgan fingerprint density at radius 2 is 2.05 bits per heavy atom. The lowest BCUT2D eigenvalue weighted by molar-refractivity contribution is -0.142. The van der Waals surface area contributed by atoms with Crippen molar-refractivity contribution in [2.75, 3.05) is 6.54 Å². The van der Waals surface area contributed by atoms with Gasteiger partial charge in [0, 0.05) is 10.0 Å². The molecule has 0 bridgehead atoms. The molecule has 1 aromatic rings. The summed E-state index contributed by atoms with van der Waals surface area (Å²) in [6.07, 6.45) is 2.47. The van der Waals surface area contributed by atoms with Gasteiger partial charge in [0.05, 0.1) is 6.54 Å². The fraction of sp³-hybridized carbons (Fsp3) is 0.400. The molecule has 0 aliphatic heterocycles. The van der Waals surface area contributed by atoms with Crippen molar-refractivity contribution in [2.24, 2.45) is 5.92 Å². The first kappa shape index (κ1) is 16.5. The molecule has 0 spiro atoms. The van der Waals surface area contributed by atoms with Crippen molar-refractivity contribution in [3.8, 4) is 0 Å². The van der Waals surface area contributed by atoms with E-state index in [1.54, 1.807) is 24.3 Å². The Kier molecular flexibility index (Phi) is 5.54. The van der Waals surface area contributed by atoms with Crippen LogP contribution in [0.3, 0.4) is 0 Å². The number of aliphatic carboxylic acids is 1. The highest BCUT2D eigenvalue weighted by Gasteiger charge is 2.30. The van der Waals surface area contributed by atoms with Crippen LogP contribution in [0, 0.1) is 5.92 Å². The maximum Gasteiger partial charge on any atom is 0.326 e. The minimum Gasteiger partial charge on any atom is -0.480 e. The van der Waals surface area contributed by atoms with Crippen LogP contribution in [-0.4, -0.2) is 35.5 Å². The molecule has 118 valence electrons. The van der Waals surface area contributed by atoms with Gasteiger partial charge in [-0.3, -0.25) is 9.59 Å². The summed E-state index contributed by atoms with van der Waals surface area (Å²) in [5.41, 5.74) is 0.426. The van der Waals surface area contributed by atoms with Crippen LogP contribution in [0.4, 0.5) is 0 Å². The van der Waals surface area contributed by atoms with Crippen LogP contribution in [-0.2, 0) is 9.59 Å². The third-order valence-electron chi connectivity index (χ3n) is 3.40. The molecule has 0 aromatic heterocycles. The van der Waals surface area contributed by atoms with Crippen LogP contribution in [0.1, 0.15) is 29.6 Å². The quantitative estimate of drug-likeness (QED) is 0.680. The summed E-state index contributed by atoms with van der Waals surface area (Å²) in [5.74, 6) is -1.54. The molecule has 6 nitrogen and oxygen atoms in total. The minimum atomic E-state index is -1.04. The average molecular weight is 369 g/mol. The summed E-state index contributed by atoms with van der Waals surface area (Å²) >= 11 is 3.26. The van der Waals surface area contributed by atoms with Gasteiger partial charge in [-0.2, -0.15) is 0 Å². The first-order valence-electron chi connectivity index (χ1n) is 7.01. The Hall–Kier alpha value is -1.89. The topological polar surface area (TPSA) is 95.5 Å². The zero-order chi connectivity index (χ0) is 16.1. The smallest absolute Gasteiger partial charge is 0.326 e. The van der Waals surface area contributed by atoms with Gasteiger partial charge < -0.3 is 15.7 Å². The van der Waals surface area contributed by atoms with E-state index in [4.69, 9.17) is 5.11 Å². The van der Waals surface area contributed by atoms with E-state index in [1.807, 2.05) is 0 Å². The van der Waals surface area contributed by atoms with E-state index in [0.717, 1.165) is 17.3 Å². The molecule has 2 rings (SSSR count). The summed E-state index contributed by atoms with van der Waals surface area (Å²) in [4.78, 5) is 34.7. The molecule has 0 heterocycles. The van der Waals surface area contributed by atoms with Crippen LogP contribution in [0.25, 0.3) is 0 Å². The fourth-order valence-corrected chi connectivity index (χ4v) is 2.45. The zero-order valence-corrected chi connectivity index (χ0v) is 13.4. The molecule has 0 radical (unpaired) electrons. The van der Waals surface area contributed by atoms with Crippen molar-refractivity contribution in [1.29, 1.82) is 0 Å². The second-order valence-electron chi connectivity index (χ2n) is 5.33. The maximum absolute atomic E-state index is 11.9. The van der Waals surface area contributed by atoms with Gasteiger partial charge in [0.15, 0.2) is 0 Å². The number of carbonyl (C=O) groups excluding carboxylic acids is 2. The Balaban J connectivity index is 1.81. The van der Waals surface area contributed by atoms with Crippen molar-refractivity contribution < 1.29 is 19.5 Å². The molecule has 1 fully saturated rings. The van der Waals surface area contributed by atoms with E-state index in [-0.39, 0.29) is 12.5 Å². The first-order valence-corrected chi connectivity index (χ1v) is 7.81. The van der Waals surface area contributed by atoms with Gasteiger partial charge in [0.25, 0.3) is 5.91 Å². The number of halogens is 1. The van der Waals surface area contributed by atoms with E-state index in [1.165, 1.54) is 0 Å². The standard InChI is InChI=1S/C15H17BrN2O4/c16-11-3-1-2-10(7-11)14(20)17-8-13(19)18-12(15(21)22)6-9-4-5-9/h1-3,7,9,12H,4-6,8H2,(H,17,20)(H,18,19)(H,21,22). The summed E-state index contributed by atoms with van der Waals surface area (Å²) in [5, 5.41) is 14.0. The minimum absolute atomic E-state index is 0.250. The lowest BCUT2D eigenvalue weighted by Gasteiger charge is -2.14. The van der Waals surface area contributed by atoms with Crippen molar-refractivity contribution in [1.82, 2.24) is 10.6 Å². The second-order valence-corrected chi connectivity index (χ2v) is 6.25. The largest absolute Gasteiger partial charge is 0.480 e. The van der Waals surface area contributed by atoms with Crippen LogP contribution in [0.15, 0.2) is 28.7 Å². The predicted molar refractivity (Wildman–Crippen MR) is 83.4 cm³/mol. The van der Waals surface area contributed by atoms with Gasteiger partial charge in [-0.15, -0.1) is 0 Å². The summed E-state index contributed by atoms with van der Waals surface area (Å²) in [6.45, 7) is -0.250. The number of amides is 2. The second kappa shape index (κ2) is 7.40. The molecule has 3 N–H and O–H groups in total. The van der Waals surface area contributed by atoms with Crippen molar-refractivity contribution in [2.45, 2.75) is 25.3 Å². The Morgan fingerprint density at radius 1 is 1.32 bits per heavy atom. The van der Waals surface area contributed by atoms with E-state index in [9.17, 15) is 14.4 Å². The molecular weight excluding hydrogens is 352 g/mol. The molecule has 0 saturated heterocycles. The number of carbonyl (C=O) groups is 3. The molecule has 1 aromatic carbocycles. The van der Waals surface area contributed by atoms with Crippen molar-refractivity contribution >= 4 is 33.7 Å². The van der Waals surface area contributed by atoms with Crippen molar-refractivity contribution in [3.05, 3.63) is 34.3 Å². The van der Waals surface area contributed by atoms with Crippen LogP contribution in [0.5, 0.6) is 0 Å². The maximum atomic E-state index is 11.9. The molecule has 2 amide bonds. The van der Waals surface area contributed by atoms with E-state index < -0.39 is 17.9 Å². The lowest BCUT2D eigenvalue weighted by atomic mass is 10.1.